The molecule has 0 amide bonds. The van der Waals surface area contributed by atoms with Crippen molar-refractivity contribution in [2.24, 2.45) is 0 Å². The lowest BCUT2D eigenvalue weighted by molar-refractivity contribution is -0.00601. The summed E-state index contributed by atoms with van der Waals surface area (Å²) in [6, 6.07) is 1.92. The van der Waals surface area contributed by atoms with Crippen LogP contribution in [0.5, 0.6) is 0 Å². The van der Waals surface area contributed by atoms with Gasteiger partial charge in [-0.05, 0) is 36.1 Å². The van der Waals surface area contributed by atoms with Crippen molar-refractivity contribution in [1.29, 1.82) is 0 Å². The Labute approximate surface area is 104 Å². The lowest BCUT2D eigenvalue weighted by Crippen LogP contribution is -2.18. The summed E-state index contributed by atoms with van der Waals surface area (Å²) in [5.74, 6) is -2.54. The van der Waals surface area contributed by atoms with Gasteiger partial charge in [0.25, 0.3) is 5.92 Å². The zero-order valence-corrected chi connectivity index (χ0v) is 10.1. The number of nitrogens with one attached hydrogen (secondary N) is 1. The Morgan fingerprint density at radius 2 is 2.22 bits per heavy atom. The fourth-order valence-corrected chi connectivity index (χ4v) is 2.53. The number of pyridine rings is 1. The molecule has 0 bridgehead atoms. The summed E-state index contributed by atoms with van der Waals surface area (Å²) in [5.41, 5.74) is 3.97. The largest absolute Gasteiger partial charge is 0.346 e. The molecule has 3 rings (SSSR count). The third kappa shape index (κ3) is 1.82. The van der Waals surface area contributed by atoms with E-state index in [0.29, 0.717) is 6.42 Å². The molecule has 0 saturated heterocycles. The van der Waals surface area contributed by atoms with E-state index in [9.17, 15) is 8.78 Å². The topological polar surface area (TPSA) is 28.7 Å². The number of rotatable bonds is 1. The Bertz CT molecular complexity index is 626. The Morgan fingerprint density at radius 1 is 1.39 bits per heavy atom. The van der Waals surface area contributed by atoms with Crippen molar-refractivity contribution in [2.75, 3.05) is 0 Å². The monoisotopic (exact) mass is 248 g/mol. The first-order chi connectivity index (χ1) is 8.57. The quantitative estimate of drug-likeness (QED) is 0.809. The number of nitrogens with zero attached hydrogens (tertiary/aromatic N) is 1. The molecule has 0 unspecified atom stereocenters. The second kappa shape index (κ2) is 3.90. The summed E-state index contributed by atoms with van der Waals surface area (Å²) in [7, 11) is 0. The molecular formula is C14H14F2N2. The standard InChI is InChI=1S/C14H14F2N2/c1-9-8-18-13-12(9)11(4-7-17-13)10-2-5-14(15,16)6-3-10/h2,4,7-8H,3,5-6H2,1H3,(H,17,18). The van der Waals surface area contributed by atoms with Gasteiger partial charge in [-0.25, -0.2) is 13.8 Å². The molecule has 1 N–H and O–H groups in total. The molecule has 0 radical (unpaired) electrons. The maximum atomic E-state index is 13.2. The number of hydrogen-bond acceptors (Lipinski definition) is 1. The Morgan fingerprint density at radius 3 is 2.94 bits per heavy atom. The highest BCUT2D eigenvalue weighted by molar-refractivity contribution is 5.92. The zero-order chi connectivity index (χ0) is 12.8. The van der Waals surface area contributed by atoms with E-state index in [2.05, 4.69) is 9.97 Å². The van der Waals surface area contributed by atoms with Crippen LogP contribution in [0.25, 0.3) is 16.6 Å². The first-order valence-corrected chi connectivity index (χ1v) is 6.07. The molecular weight excluding hydrogens is 234 g/mol. The van der Waals surface area contributed by atoms with Crippen LogP contribution >= 0.6 is 0 Å². The number of hydrogen-bond donors (Lipinski definition) is 1. The highest BCUT2D eigenvalue weighted by atomic mass is 19.3. The minimum Gasteiger partial charge on any atom is -0.346 e. The summed E-state index contributed by atoms with van der Waals surface area (Å²) in [5, 5.41) is 1.05. The smallest absolute Gasteiger partial charge is 0.251 e. The van der Waals surface area contributed by atoms with Crippen LogP contribution in [0.2, 0.25) is 0 Å². The van der Waals surface area contributed by atoms with Gasteiger partial charge >= 0.3 is 0 Å². The van der Waals surface area contributed by atoms with Gasteiger partial charge in [0.2, 0.25) is 0 Å². The SMILES string of the molecule is Cc1c[nH]c2nccc(C3=CCC(F)(F)CC3)c12. The highest BCUT2D eigenvalue weighted by Gasteiger charge is 2.31. The van der Waals surface area contributed by atoms with E-state index in [4.69, 9.17) is 0 Å². The molecule has 2 heterocycles. The molecule has 1 aliphatic carbocycles. The third-order valence-electron chi connectivity index (χ3n) is 3.52. The second-order valence-corrected chi connectivity index (χ2v) is 4.84. The molecule has 18 heavy (non-hydrogen) atoms. The molecule has 0 atom stereocenters. The fourth-order valence-electron chi connectivity index (χ4n) is 2.53. The highest BCUT2D eigenvalue weighted by Crippen LogP contribution is 2.38. The Hall–Kier alpha value is -1.71. The third-order valence-corrected chi connectivity index (χ3v) is 3.52. The fraction of sp³-hybridized carbons (Fsp3) is 0.357. The first kappa shape index (κ1) is 11.4. The number of alkyl halides is 2. The molecule has 2 nitrogen and oxygen atoms in total. The van der Waals surface area contributed by atoms with E-state index in [1.165, 1.54) is 0 Å². The number of aromatic nitrogens is 2. The maximum absolute atomic E-state index is 13.2. The van der Waals surface area contributed by atoms with Crippen LogP contribution < -0.4 is 0 Å². The van der Waals surface area contributed by atoms with Crippen LogP contribution in [-0.4, -0.2) is 15.9 Å². The van der Waals surface area contributed by atoms with Crippen LogP contribution in [0.4, 0.5) is 8.78 Å². The van der Waals surface area contributed by atoms with Crippen molar-refractivity contribution in [3.63, 3.8) is 0 Å². The van der Waals surface area contributed by atoms with Crippen LogP contribution in [0, 0.1) is 6.92 Å². The molecule has 0 aliphatic heterocycles. The van der Waals surface area contributed by atoms with Crippen molar-refractivity contribution in [1.82, 2.24) is 9.97 Å². The molecule has 0 spiro atoms. The Kier molecular flexibility index (Phi) is 2.47. The molecule has 2 aromatic rings. The minimum absolute atomic E-state index is 0.0634. The van der Waals surface area contributed by atoms with Gasteiger partial charge < -0.3 is 4.98 Å². The van der Waals surface area contributed by atoms with Gasteiger partial charge in [-0.15, -0.1) is 0 Å². The molecule has 1 aliphatic rings. The van der Waals surface area contributed by atoms with E-state index in [1.807, 2.05) is 19.2 Å². The predicted octanol–water partition coefficient (Wildman–Crippen LogP) is 4.07. The Balaban J connectivity index is 2.10. The lowest BCUT2D eigenvalue weighted by atomic mass is 9.90. The van der Waals surface area contributed by atoms with Gasteiger partial charge in [-0.1, -0.05) is 6.08 Å². The second-order valence-electron chi connectivity index (χ2n) is 4.84. The molecule has 0 fully saturated rings. The number of H-pyrrole nitrogens is 1. The van der Waals surface area contributed by atoms with Crippen molar-refractivity contribution >= 4 is 16.6 Å². The molecule has 2 aromatic heterocycles. The molecule has 4 heteroatoms. The number of aromatic amines is 1. The summed E-state index contributed by atoms with van der Waals surface area (Å²) < 4.78 is 26.3. The number of halogens is 2. The number of fused-ring (bicyclic) bond motifs is 1. The minimum atomic E-state index is -2.54. The normalized spacial score (nSPS) is 18.9. The van der Waals surface area contributed by atoms with Crippen LogP contribution in [0.15, 0.2) is 24.5 Å². The lowest BCUT2D eigenvalue weighted by Gasteiger charge is -2.22. The van der Waals surface area contributed by atoms with Crippen molar-refractivity contribution in [3.05, 3.63) is 35.7 Å². The van der Waals surface area contributed by atoms with E-state index < -0.39 is 5.92 Å². The first-order valence-electron chi connectivity index (χ1n) is 6.07. The van der Waals surface area contributed by atoms with E-state index in [1.54, 1.807) is 12.3 Å². The summed E-state index contributed by atoms with van der Waals surface area (Å²) in [6.45, 7) is 2.00. The summed E-state index contributed by atoms with van der Waals surface area (Å²) >= 11 is 0. The molecule has 0 aromatic carbocycles. The van der Waals surface area contributed by atoms with Crippen LogP contribution in [0.1, 0.15) is 30.4 Å². The molecule has 94 valence electrons. The average molecular weight is 248 g/mol. The zero-order valence-electron chi connectivity index (χ0n) is 10.1. The van der Waals surface area contributed by atoms with Crippen molar-refractivity contribution in [3.8, 4) is 0 Å². The van der Waals surface area contributed by atoms with Gasteiger partial charge in [0.1, 0.15) is 5.65 Å². The van der Waals surface area contributed by atoms with Crippen molar-refractivity contribution < 1.29 is 8.78 Å². The predicted molar refractivity (Wildman–Crippen MR) is 67.6 cm³/mol. The molecule has 0 saturated carbocycles. The van der Waals surface area contributed by atoms with Gasteiger partial charge in [0, 0.05) is 30.6 Å². The van der Waals surface area contributed by atoms with E-state index in [-0.39, 0.29) is 12.8 Å². The van der Waals surface area contributed by atoms with Crippen LogP contribution in [-0.2, 0) is 0 Å². The average Bonchev–Trinajstić information content (AvgIpc) is 2.72. The summed E-state index contributed by atoms with van der Waals surface area (Å²) in [6.07, 6.45) is 5.50. The number of aryl methyl sites for hydroxylation is 1. The van der Waals surface area contributed by atoms with Gasteiger partial charge in [-0.3, -0.25) is 0 Å². The van der Waals surface area contributed by atoms with Gasteiger partial charge in [-0.2, -0.15) is 0 Å². The van der Waals surface area contributed by atoms with E-state index >= 15 is 0 Å². The van der Waals surface area contributed by atoms with Crippen LogP contribution in [0.3, 0.4) is 0 Å². The maximum Gasteiger partial charge on any atom is 0.251 e. The van der Waals surface area contributed by atoms with Gasteiger partial charge in [0.05, 0.1) is 0 Å². The van der Waals surface area contributed by atoms with Gasteiger partial charge in [0.15, 0.2) is 0 Å². The van der Waals surface area contributed by atoms with Crippen molar-refractivity contribution in [2.45, 2.75) is 32.1 Å². The van der Waals surface area contributed by atoms with E-state index in [0.717, 1.165) is 27.7 Å². The number of allylic oxidation sites excluding steroid dienone is 2. The summed E-state index contributed by atoms with van der Waals surface area (Å²) in [4.78, 5) is 7.35.